The van der Waals surface area contributed by atoms with Crippen molar-refractivity contribution in [1.29, 1.82) is 0 Å². The molecule has 0 aliphatic rings. The van der Waals surface area contributed by atoms with Crippen LogP contribution in [0.4, 0.5) is 10.6 Å². The number of hydrogen-bond acceptors (Lipinski definition) is 5. The molecule has 98 valence electrons. The molecule has 2 amide bonds. The number of pyridine rings is 1. The molecule has 0 unspecified atom stereocenters. The number of carbonyl (C=O) groups excluding carboxylic acids is 2. The van der Waals surface area contributed by atoms with Crippen molar-refractivity contribution < 1.29 is 14.3 Å². The van der Waals surface area contributed by atoms with E-state index < -0.39 is 17.6 Å². The Hall–Kier alpha value is -2.15. The summed E-state index contributed by atoms with van der Waals surface area (Å²) in [4.78, 5) is 26.6. The first-order valence-corrected chi connectivity index (χ1v) is 5.29. The van der Waals surface area contributed by atoms with E-state index in [1.807, 2.05) is 5.43 Å². The van der Waals surface area contributed by atoms with Crippen LogP contribution in [0.3, 0.4) is 0 Å². The van der Waals surface area contributed by atoms with E-state index >= 15 is 0 Å². The van der Waals surface area contributed by atoms with Gasteiger partial charge in [-0.15, -0.1) is 0 Å². The Morgan fingerprint density at radius 1 is 1.39 bits per heavy atom. The molecule has 1 rings (SSSR count). The van der Waals surface area contributed by atoms with Gasteiger partial charge in [-0.3, -0.25) is 15.5 Å². The van der Waals surface area contributed by atoms with Gasteiger partial charge < -0.3 is 4.74 Å². The number of nitrogens with one attached hydrogen (secondary N) is 2. The summed E-state index contributed by atoms with van der Waals surface area (Å²) in [5, 5.41) is 2.42. The Bertz CT molecular complexity index is 454. The Morgan fingerprint density at radius 2 is 2.06 bits per heavy atom. The van der Waals surface area contributed by atoms with E-state index in [2.05, 4.69) is 10.3 Å². The third kappa shape index (κ3) is 4.38. The summed E-state index contributed by atoms with van der Waals surface area (Å²) >= 11 is 0. The smallest absolute Gasteiger partial charge is 0.413 e. The number of ether oxygens (including phenoxy) is 1. The fraction of sp³-hybridized carbons (Fsp3) is 0.364. The SMILES string of the molecule is CC(C)(C)OC(=O)Nc1cc(C(=O)NN)ccn1. The van der Waals surface area contributed by atoms with Gasteiger partial charge in [0.15, 0.2) is 0 Å². The number of nitrogens with two attached hydrogens (primary N) is 1. The molecule has 0 fully saturated rings. The second kappa shape index (κ2) is 5.46. The lowest BCUT2D eigenvalue weighted by atomic mass is 10.2. The summed E-state index contributed by atoms with van der Waals surface area (Å²) < 4.78 is 5.05. The van der Waals surface area contributed by atoms with Gasteiger partial charge in [0.25, 0.3) is 5.91 Å². The van der Waals surface area contributed by atoms with Crippen LogP contribution >= 0.6 is 0 Å². The second-order valence-electron chi connectivity index (χ2n) is 4.53. The fourth-order valence-corrected chi connectivity index (χ4v) is 1.13. The van der Waals surface area contributed by atoms with Gasteiger partial charge in [0.1, 0.15) is 11.4 Å². The average Bonchev–Trinajstić information content (AvgIpc) is 2.25. The predicted octanol–water partition coefficient (Wildman–Crippen LogP) is 1.03. The molecule has 7 nitrogen and oxygen atoms in total. The summed E-state index contributed by atoms with van der Waals surface area (Å²) in [7, 11) is 0. The highest BCUT2D eigenvalue weighted by atomic mass is 16.6. The van der Waals surface area contributed by atoms with E-state index in [4.69, 9.17) is 10.6 Å². The maximum atomic E-state index is 11.5. The molecule has 18 heavy (non-hydrogen) atoms. The number of anilines is 1. The zero-order valence-corrected chi connectivity index (χ0v) is 10.5. The highest BCUT2D eigenvalue weighted by Crippen LogP contribution is 2.11. The van der Waals surface area contributed by atoms with E-state index in [0.717, 1.165) is 0 Å². The fourth-order valence-electron chi connectivity index (χ4n) is 1.13. The van der Waals surface area contributed by atoms with Gasteiger partial charge in [-0.25, -0.2) is 15.6 Å². The molecule has 1 heterocycles. The van der Waals surface area contributed by atoms with Crippen molar-refractivity contribution in [2.24, 2.45) is 5.84 Å². The van der Waals surface area contributed by atoms with Crippen molar-refractivity contribution in [3.8, 4) is 0 Å². The van der Waals surface area contributed by atoms with Crippen molar-refractivity contribution >= 4 is 17.8 Å². The number of aromatic nitrogens is 1. The number of rotatable bonds is 2. The molecule has 1 aromatic heterocycles. The molecule has 0 saturated carbocycles. The summed E-state index contributed by atoms with van der Waals surface area (Å²) in [6.45, 7) is 5.24. The molecule has 1 aromatic rings. The third-order valence-corrected chi connectivity index (χ3v) is 1.78. The number of nitrogen functional groups attached to an aromatic ring is 1. The zero-order chi connectivity index (χ0) is 13.8. The van der Waals surface area contributed by atoms with E-state index in [1.54, 1.807) is 20.8 Å². The largest absolute Gasteiger partial charge is 0.444 e. The molecule has 0 spiro atoms. The number of carbonyl (C=O) groups is 2. The van der Waals surface area contributed by atoms with Crippen LogP contribution < -0.4 is 16.6 Å². The molecule has 7 heteroatoms. The topological polar surface area (TPSA) is 106 Å². The average molecular weight is 252 g/mol. The Labute approximate surface area is 105 Å². The number of nitrogens with zero attached hydrogens (tertiary/aromatic N) is 1. The van der Waals surface area contributed by atoms with Crippen LogP contribution in [0.25, 0.3) is 0 Å². The van der Waals surface area contributed by atoms with Crippen molar-refractivity contribution in [3.63, 3.8) is 0 Å². The lowest BCUT2D eigenvalue weighted by Crippen LogP contribution is -2.30. The van der Waals surface area contributed by atoms with Gasteiger partial charge in [-0.2, -0.15) is 0 Å². The first-order valence-electron chi connectivity index (χ1n) is 5.29. The van der Waals surface area contributed by atoms with Crippen LogP contribution in [-0.4, -0.2) is 22.6 Å². The Balaban J connectivity index is 2.74. The van der Waals surface area contributed by atoms with Gasteiger partial charge in [0.05, 0.1) is 0 Å². The number of hydrazine groups is 1. The number of amides is 2. The molecule has 0 aliphatic heterocycles. The molecular formula is C11H16N4O3. The van der Waals surface area contributed by atoms with E-state index in [1.165, 1.54) is 18.3 Å². The van der Waals surface area contributed by atoms with Crippen LogP contribution in [-0.2, 0) is 4.74 Å². The van der Waals surface area contributed by atoms with Crippen LogP contribution in [0.15, 0.2) is 18.3 Å². The summed E-state index contributed by atoms with van der Waals surface area (Å²) in [5.41, 5.74) is 1.68. The third-order valence-electron chi connectivity index (χ3n) is 1.78. The molecule has 0 saturated heterocycles. The first kappa shape index (κ1) is 13.9. The summed E-state index contributed by atoms with van der Waals surface area (Å²) in [5.74, 6) is 4.75. The van der Waals surface area contributed by atoms with E-state index in [9.17, 15) is 9.59 Å². The predicted molar refractivity (Wildman–Crippen MR) is 65.7 cm³/mol. The van der Waals surface area contributed by atoms with E-state index in [-0.39, 0.29) is 5.82 Å². The zero-order valence-electron chi connectivity index (χ0n) is 10.5. The van der Waals surface area contributed by atoms with E-state index in [0.29, 0.717) is 5.56 Å². The standard InChI is InChI=1S/C11H16N4O3/c1-11(2,3)18-10(17)14-8-6-7(4-5-13-8)9(16)15-12/h4-6H,12H2,1-3H3,(H,15,16)(H,13,14,17). The normalized spacial score (nSPS) is 10.7. The minimum Gasteiger partial charge on any atom is -0.444 e. The maximum absolute atomic E-state index is 11.5. The van der Waals surface area contributed by atoms with Crippen molar-refractivity contribution in [1.82, 2.24) is 10.4 Å². The summed E-state index contributed by atoms with van der Waals surface area (Å²) in [6, 6.07) is 2.87. The van der Waals surface area contributed by atoms with Crippen LogP contribution in [0, 0.1) is 0 Å². The summed E-state index contributed by atoms with van der Waals surface area (Å²) in [6.07, 6.45) is 0.748. The first-order chi connectivity index (χ1) is 8.31. The maximum Gasteiger partial charge on any atom is 0.413 e. The van der Waals surface area contributed by atoms with Crippen LogP contribution in [0.5, 0.6) is 0 Å². The van der Waals surface area contributed by atoms with Crippen LogP contribution in [0.1, 0.15) is 31.1 Å². The minimum atomic E-state index is -0.639. The lowest BCUT2D eigenvalue weighted by Gasteiger charge is -2.19. The minimum absolute atomic E-state index is 0.213. The Kier molecular flexibility index (Phi) is 4.22. The van der Waals surface area contributed by atoms with Gasteiger partial charge >= 0.3 is 6.09 Å². The molecule has 0 radical (unpaired) electrons. The quantitative estimate of drug-likeness (QED) is 0.414. The van der Waals surface area contributed by atoms with Crippen molar-refractivity contribution in [2.45, 2.75) is 26.4 Å². The van der Waals surface area contributed by atoms with Gasteiger partial charge in [0, 0.05) is 11.8 Å². The van der Waals surface area contributed by atoms with Crippen molar-refractivity contribution in [2.75, 3.05) is 5.32 Å². The van der Waals surface area contributed by atoms with Crippen molar-refractivity contribution in [3.05, 3.63) is 23.9 Å². The highest BCUT2D eigenvalue weighted by molar-refractivity contribution is 5.95. The highest BCUT2D eigenvalue weighted by Gasteiger charge is 2.16. The van der Waals surface area contributed by atoms with Gasteiger partial charge in [-0.1, -0.05) is 0 Å². The number of hydrogen-bond donors (Lipinski definition) is 3. The molecular weight excluding hydrogens is 236 g/mol. The Morgan fingerprint density at radius 3 is 2.61 bits per heavy atom. The molecule has 0 aromatic carbocycles. The molecule has 0 bridgehead atoms. The monoisotopic (exact) mass is 252 g/mol. The van der Waals surface area contributed by atoms with Crippen LogP contribution in [0.2, 0.25) is 0 Å². The molecule has 0 aliphatic carbocycles. The van der Waals surface area contributed by atoms with Gasteiger partial charge in [-0.05, 0) is 32.9 Å². The van der Waals surface area contributed by atoms with Gasteiger partial charge in [0.2, 0.25) is 0 Å². The second-order valence-corrected chi connectivity index (χ2v) is 4.53. The lowest BCUT2D eigenvalue weighted by molar-refractivity contribution is 0.0635. The molecule has 4 N–H and O–H groups in total. The molecule has 0 atom stereocenters.